The summed E-state index contributed by atoms with van der Waals surface area (Å²) in [4.78, 5) is 10.2. The lowest BCUT2D eigenvalue weighted by Gasteiger charge is -2.11. The van der Waals surface area contributed by atoms with E-state index in [0.717, 1.165) is 32.0 Å². The lowest BCUT2D eigenvalue weighted by atomic mass is 9.97. The van der Waals surface area contributed by atoms with Gasteiger partial charge in [-0.05, 0) is 51.9 Å². The van der Waals surface area contributed by atoms with Crippen LogP contribution in [-0.4, -0.2) is 17.5 Å². The fourth-order valence-corrected chi connectivity index (χ4v) is 1.67. The summed E-state index contributed by atoms with van der Waals surface area (Å²) in [5.74, 6) is 0.671. The zero-order chi connectivity index (χ0) is 12.4. The highest BCUT2D eigenvalue weighted by Crippen LogP contribution is 2.15. The Balaban J connectivity index is 3.58. The van der Waals surface area contributed by atoms with Crippen LogP contribution in [0.2, 0.25) is 0 Å². The van der Waals surface area contributed by atoms with Gasteiger partial charge in [0.2, 0.25) is 0 Å². The number of carbonyl (C=O) groups is 1. The van der Waals surface area contributed by atoms with Crippen LogP contribution in [0.5, 0.6) is 0 Å². The molecule has 2 heteroatoms. The van der Waals surface area contributed by atoms with Gasteiger partial charge in [-0.15, -0.1) is 0 Å². The Morgan fingerprint density at radius 1 is 1.19 bits per heavy atom. The van der Waals surface area contributed by atoms with Crippen molar-refractivity contribution in [3.63, 3.8) is 0 Å². The van der Waals surface area contributed by atoms with Crippen molar-refractivity contribution < 1.29 is 9.90 Å². The predicted molar refractivity (Wildman–Crippen MR) is 68.4 cm³/mol. The molecule has 0 radical (unpaired) electrons. The van der Waals surface area contributed by atoms with E-state index < -0.39 is 0 Å². The van der Waals surface area contributed by atoms with Crippen LogP contribution < -0.4 is 0 Å². The van der Waals surface area contributed by atoms with Crippen molar-refractivity contribution in [1.29, 1.82) is 0 Å². The molecule has 0 aliphatic heterocycles. The highest BCUT2D eigenvalue weighted by Gasteiger charge is 2.03. The molecule has 0 saturated heterocycles. The summed E-state index contributed by atoms with van der Waals surface area (Å²) in [7, 11) is 0. The number of aldehydes is 1. The van der Waals surface area contributed by atoms with Gasteiger partial charge in [0.25, 0.3) is 0 Å². The third-order valence-corrected chi connectivity index (χ3v) is 2.89. The van der Waals surface area contributed by atoms with E-state index in [-0.39, 0.29) is 6.10 Å². The molecule has 0 rings (SSSR count). The maximum absolute atomic E-state index is 10.2. The summed E-state index contributed by atoms with van der Waals surface area (Å²) in [6.07, 6.45) is 8.83. The van der Waals surface area contributed by atoms with E-state index in [4.69, 9.17) is 5.11 Å². The van der Waals surface area contributed by atoms with Crippen LogP contribution in [0.1, 0.15) is 59.3 Å². The largest absolute Gasteiger partial charge is 0.393 e. The minimum absolute atomic E-state index is 0.174. The molecule has 0 bridgehead atoms. The number of hydrogen-bond donors (Lipinski definition) is 1. The molecule has 0 aromatic carbocycles. The molecule has 0 spiro atoms. The molecule has 2 unspecified atom stereocenters. The van der Waals surface area contributed by atoms with E-state index in [2.05, 4.69) is 19.9 Å². The monoisotopic (exact) mass is 226 g/mol. The SMILES string of the molecule is C/C(=C\CCC(C)CCC(C)O)CCC=O. The summed E-state index contributed by atoms with van der Waals surface area (Å²) in [5, 5.41) is 9.17. The Morgan fingerprint density at radius 2 is 1.88 bits per heavy atom. The van der Waals surface area contributed by atoms with Crippen molar-refractivity contribution >= 4 is 6.29 Å². The molecule has 0 heterocycles. The molecule has 1 N–H and O–H groups in total. The summed E-state index contributed by atoms with van der Waals surface area (Å²) in [6, 6.07) is 0. The van der Waals surface area contributed by atoms with E-state index in [1.54, 1.807) is 0 Å². The molecule has 0 aromatic rings. The topological polar surface area (TPSA) is 37.3 Å². The van der Waals surface area contributed by atoms with Gasteiger partial charge in [-0.25, -0.2) is 0 Å². The van der Waals surface area contributed by atoms with Crippen molar-refractivity contribution in [1.82, 2.24) is 0 Å². The smallest absolute Gasteiger partial charge is 0.120 e. The fraction of sp³-hybridized carbons (Fsp3) is 0.786. The summed E-state index contributed by atoms with van der Waals surface area (Å²) in [5.41, 5.74) is 1.31. The molecular formula is C14H26O2. The number of rotatable bonds is 9. The average molecular weight is 226 g/mol. The predicted octanol–water partition coefficient (Wildman–Crippen LogP) is 3.49. The molecule has 94 valence electrons. The van der Waals surface area contributed by atoms with Gasteiger partial charge in [-0.3, -0.25) is 0 Å². The van der Waals surface area contributed by atoms with Crippen LogP contribution in [0.25, 0.3) is 0 Å². The molecule has 0 aromatic heterocycles. The van der Waals surface area contributed by atoms with Crippen LogP contribution in [0, 0.1) is 5.92 Å². The van der Waals surface area contributed by atoms with Crippen molar-refractivity contribution in [3.05, 3.63) is 11.6 Å². The normalized spacial score (nSPS) is 15.9. The van der Waals surface area contributed by atoms with E-state index in [1.165, 1.54) is 12.0 Å². The van der Waals surface area contributed by atoms with Crippen molar-refractivity contribution in [2.45, 2.75) is 65.4 Å². The van der Waals surface area contributed by atoms with E-state index in [0.29, 0.717) is 12.3 Å². The summed E-state index contributed by atoms with van der Waals surface area (Å²) >= 11 is 0. The Labute approximate surface area is 99.7 Å². The highest BCUT2D eigenvalue weighted by molar-refractivity contribution is 5.49. The molecule has 0 saturated carbocycles. The first kappa shape index (κ1) is 15.4. The molecule has 0 amide bonds. The van der Waals surface area contributed by atoms with E-state index in [1.807, 2.05) is 6.92 Å². The van der Waals surface area contributed by atoms with Gasteiger partial charge in [0.1, 0.15) is 6.29 Å². The molecule has 0 aliphatic rings. The number of carbonyl (C=O) groups excluding carboxylic acids is 1. The van der Waals surface area contributed by atoms with Gasteiger partial charge in [-0.1, -0.05) is 18.6 Å². The first-order valence-corrected chi connectivity index (χ1v) is 6.33. The maximum Gasteiger partial charge on any atom is 0.120 e. The second-order valence-electron chi connectivity index (χ2n) is 4.86. The third kappa shape index (κ3) is 9.91. The molecule has 16 heavy (non-hydrogen) atoms. The number of aliphatic hydroxyl groups is 1. The quantitative estimate of drug-likeness (QED) is 0.482. The second kappa shape index (κ2) is 9.59. The number of allylic oxidation sites excluding steroid dienone is 2. The van der Waals surface area contributed by atoms with Crippen LogP contribution in [-0.2, 0) is 4.79 Å². The van der Waals surface area contributed by atoms with Crippen molar-refractivity contribution in [2.24, 2.45) is 5.92 Å². The highest BCUT2D eigenvalue weighted by atomic mass is 16.3. The van der Waals surface area contributed by atoms with Gasteiger partial charge < -0.3 is 9.90 Å². The van der Waals surface area contributed by atoms with Crippen LogP contribution in [0.15, 0.2) is 11.6 Å². The van der Waals surface area contributed by atoms with E-state index >= 15 is 0 Å². The first-order valence-electron chi connectivity index (χ1n) is 6.33. The van der Waals surface area contributed by atoms with Gasteiger partial charge in [-0.2, -0.15) is 0 Å². The van der Waals surface area contributed by atoms with Gasteiger partial charge in [0.15, 0.2) is 0 Å². The Hall–Kier alpha value is -0.630. The second-order valence-corrected chi connectivity index (χ2v) is 4.86. The van der Waals surface area contributed by atoms with Gasteiger partial charge in [0.05, 0.1) is 6.10 Å². The lowest BCUT2D eigenvalue weighted by molar-refractivity contribution is -0.107. The zero-order valence-electron chi connectivity index (χ0n) is 10.9. The Morgan fingerprint density at radius 3 is 2.44 bits per heavy atom. The Bertz CT molecular complexity index is 207. The maximum atomic E-state index is 10.2. The number of aliphatic hydroxyl groups excluding tert-OH is 1. The van der Waals surface area contributed by atoms with Crippen LogP contribution >= 0.6 is 0 Å². The standard InChI is InChI=1S/C14H26O2/c1-12(8-5-11-15)6-4-7-13(2)9-10-14(3)16/h6,11,13-14,16H,4-5,7-10H2,1-3H3/b12-6+. The van der Waals surface area contributed by atoms with Gasteiger partial charge >= 0.3 is 0 Å². The molecule has 2 atom stereocenters. The Kier molecular flexibility index (Phi) is 9.21. The lowest BCUT2D eigenvalue weighted by Crippen LogP contribution is -2.03. The van der Waals surface area contributed by atoms with Crippen molar-refractivity contribution in [3.8, 4) is 0 Å². The first-order chi connectivity index (χ1) is 7.56. The minimum atomic E-state index is -0.174. The zero-order valence-corrected chi connectivity index (χ0v) is 10.9. The van der Waals surface area contributed by atoms with Crippen LogP contribution in [0.3, 0.4) is 0 Å². The molecule has 0 fully saturated rings. The van der Waals surface area contributed by atoms with Gasteiger partial charge in [0, 0.05) is 6.42 Å². The molecular weight excluding hydrogens is 200 g/mol. The molecule has 0 aliphatic carbocycles. The number of hydrogen-bond acceptors (Lipinski definition) is 2. The minimum Gasteiger partial charge on any atom is -0.393 e. The van der Waals surface area contributed by atoms with Crippen LogP contribution in [0.4, 0.5) is 0 Å². The van der Waals surface area contributed by atoms with E-state index in [9.17, 15) is 4.79 Å². The fourth-order valence-electron chi connectivity index (χ4n) is 1.67. The molecule has 2 nitrogen and oxygen atoms in total. The summed E-state index contributed by atoms with van der Waals surface area (Å²) < 4.78 is 0. The van der Waals surface area contributed by atoms with Crippen molar-refractivity contribution in [2.75, 3.05) is 0 Å². The average Bonchev–Trinajstić information content (AvgIpc) is 2.23. The third-order valence-electron chi connectivity index (χ3n) is 2.89. The summed E-state index contributed by atoms with van der Waals surface area (Å²) in [6.45, 7) is 6.16.